The van der Waals surface area contributed by atoms with Crippen molar-refractivity contribution in [3.8, 4) is 33.8 Å². The van der Waals surface area contributed by atoms with Crippen molar-refractivity contribution in [2.75, 3.05) is 0 Å². The summed E-state index contributed by atoms with van der Waals surface area (Å²) in [4.78, 5) is 13.4. The average molecular weight is 569 g/mol. The number of fused-ring (bicyclic) bond motifs is 1. The summed E-state index contributed by atoms with van der Waals surface area (Å²) in [5, 5.41) is 10.9. The Morgan fingerprint density at radius 2 is 1.57 bits per heavy atom. The second kappa shape index (κ2) is 10.8. The van der Waals surface area contributed by atoms with Gasteiger partial charge < -0.3 is 14.2 Å². The van der Waals surface area contributed by atoms with E-state index in [2.05, 4.69) is 10.1 Å². The number of rotatable bonds is 4. The van der Waals surface area contributed by atoms with Crippen molar-refractivity contribution >= 4 is 5.97 Å². The molecule has 0 saturated heterocycles. The third kappa shape index (κ3) is 6.45. The normalized spacial score (nSPS) is 11.8. The second-order valence-electron chi connectivity index (χ2n) is 8.25. The van der Waals surface area contributed by atoms with E-state index in [1.807, 2.05) is 0 Å². The van der Waals surface area contributed by atoms with Crippen LogP contribution in [-0.2, 0) is 17.5 Å². The van der Waals surface area contributed by atoms with Gasteiger partial charge >= 0.3 is 18.3 Å². The lowest BCUT2D eigenvalue weighted by Gasteiger charge is -2.10. The molecule has 0 aliphatic carbocycles. The van der Waals surface area contributed by atoms with Crippen LogP contribution in [0, 0.1) is 11.6 Å². The lowest BCUT2D eigenvalue weighted by molar-refractivity contribution is -0.192. The van der Waals surface area contributed by atoms with Gasteiger partial charge in [-0.25, -0.2) is 18.6 Å². The Kier molecular flexibility index (Phi) is 7.62. The molecular weight excluding hydrogens is 554 g/mol. The van der Waals surface area contributed by atoms with Crippen molar-refractivity contribution in [2.45, 2.75) is 18.9 Å². The van der Waals surface area contributed by atoms with E-state index in [1.54, 1.807) is 47.3 Å². The molecule has 1 N–H and O–H groups in total. The highest BCUT2D eigenvalue weighted by atomic mass is 19.4. The summed E-state index contributed by atoms with van der Waals surface area (Å²) in [6.45, 7) is 0.174. The van der Waals surface area contributed by atoms with E-state index in [-0.39, 0.29) is 23.6 Å². The zero-order valence-electron chi connectivity index (χ0n) is 19.8. The maximum absolute atomic E-state index is 14.1. The lowest BCUT2D eigenvalue weighted by Crippen LogP contribution is -2.21. The van der Waals surface area contributed by atoms with E-state index >= 15 is 0 Å². The molecule has 0 atom stereocenters. The predicted molar refractivity (Wildman–Crippen MR) is 124 cm³/mol. The van der Waals surface area contributed by atoms with E-state index in [1.165, 1.54) is 12.1 Å². The first-order valence-corrected chi connectivity index (χ1v) is 11.1. The highest BCUT2D eigenvalue weighted by Crippen LogP contribution is 2.37. The SMILES string of the molecule is Fc1ccc(-c2cc(Cn3ccc4cc(-c5ccccc5F)nc-4c3)on2)c(C(F)(F)F)c1.O=C(O)C(F)(F)F. The van der Waals surface area contributed by atoms with E-state index in [4.69, 9.17) is 14.4 Å². The molecule has 2 aromatic carbocycles. The van der Waals surface area contributed by atoms with Crippen LogP contribution in [0.4, 0.5) is 35.1 Å². The number of carbonyl (C=O) groups is 1. The minimum atomic E-state index is -5.08. The van der Waals surface area contributed by atoms with Crippen LogP contribution >= 0.6 is 0 Å². The molecule has 0 spiro atoms. The molecular formula is C26H15F8N3O3. The number of aromatic nitrogens is 3. The molecule has 40 heavy (non-hydrogen) atoms. The number of pyridine rings is 1. The van der Waals surface area contributed by atoms with Gasteiger partial charge in [0.2, 0.25) is 0 Å². The summed E-state index contributed by atoms with van der Waals surface area (Å²) in [6.07, 6.45) is -6.35. The first kappa shape index (κ1) is 28.3. The van der Waals surface area contributed by atoms with Gasteiger partial charge in [0.15, 0.2) is 5.76 Å². The van der Waals surface area contributed by atoms with Crippen molar-refractivity contribution in [1.29, 1.82) is 0 Å². The van der Waals surface area contributed by atoms with Crippen LogP contribution in [-0.4, -0.2) is 32.0 Å². The Morgan fingerprint density at radius 1 is 0.875 bits per heavy atom. The van der Waals surface area contributed by atoms with Crippen LogP contribution in [0.15, 0.2) is 77.6 Å². The fraction of sp³-hybridized carbons (Fsp3) is 0.115. The zero-order chi connectivity index (χ0) is 29.2. The molecule has 0 unspecified atom stereocenters. The van der Waals surface area contributed by atoms with Gasteiger partial charge in [-0.2, -0.15) is 26.3 Å². The smallest absolute Gasteiger partial charge is 0.475 e. The molecule has 208 valence electrons. The van der Waals surface area contributed by atoms with Gasteiger partial charge in [-0.15, -0.1) is 0 Å². The number of halogens is 8. The molecule has 0 bridgehead atoms. The second-order valence-corrected chi connectivity index (χ2v) is 8.25. The van der Waals surface area contributed by atoms with Gasteiger partial charge in [0.25, 0.3) is 0 Å². The maximum Gasteiger partial charge on any atom is 0.490 e. The molecule has 14 heteroatoms. The summed E-state index contributed by atoms with van der Waals surface area (Å²) >= 11 is 0. The quantitative estimate of drug-likeness (QED) is 0.230. The third-order valence-corrected chi connectivity index (χ3v) is 5.42. The zero-order valence-corrected chi connectivity index (χ0v) is 19.8. The largest absolute Gasteiger partial charge is 0.490 e. The molecule has 3 aromatic rings. The van der Waals surface area contributed by atoms with E-state index in [9.17, 15) is 35.1 Å². The summed E-state index contributed by atoms with van der Waals surface area (Å²) < 4.78 is 106. The summed E-state index contributed by atoms with van der Waals surface area (Å²) in [7, 11) is 0. The lowest BCUT2D eigenvalue weighted by atomic mass is 10.0. The van der Waals surface area contributed by atoms with Gasteiger partial charge in [0, 0.05) is 35.2 Å². The van der Waals surface area contributed by atoms with Gasteiger partial charge in [-0.05, 0) is 42.5 Å². The Labute approximate surface area is 219 Å². The number of alkyl halides is 6. The van der Waals surface area contributed by atoms with E-state index in [0.29, 0.717) is 28.8 Å². The first-order valence-electron chi connectivity index (χ1n) is 11.1. The van der Waals surface area contributed by atoms with Crippen LogP contribution in [0.25, 0.3) is 33.8 Å². The van der Waals surface area contributed by atoms with Crippen molar-refractivity contribution in [1.82, 2.24) is 14.7 Å². The average Bonchev–Trinajstić information content (AvgIpc) is 3.50. The summed E-state index contributed by atoms with van der Waals surface area (Å²) in [6, 6.07) is 13.7. The van der Waals surface area contributed by atoms with Crippen LogP contribution in [0.2, 0.25) is 0 Å². The number of hydrogen-bond acceptors (Lipinski definition) is 4. The third-order valence-electron chi connectivity index (χ3n) is 5.42. The minimum absolute atomic E-state index is 0.0488. The van der Waals surface area contributed by atoms with Gasteiger partial charge in [0.05, 0.1) is 23.5 Å². The van der Waals surface area contributed by atoms with Gasteiger partial charge in [-0.1, -0.05) is 17.3 Å². The van der Waals surface area contributed by atoms with Crippen LogP contribution < -0.4 is 0 Å². The fourth-order valence-electron chi connectivity index (χ4n) is 3.63. The summed E-state index contributed by atoms with van der Waals surface area (Å²) in [5.74, 6) is -3.82. The molecule has 2 aliphatic rings. The van der Waals surface area contributed by atoms with Gasteiger partial charge in [0.1, 0.15) is 17.3 Å². The van der Waals surface area contributed by atoms with Crippen LogP contribution in [0.1, 0.15) is 11.3 Å². The Balaban J connectivity index is 0.000000470. The number of carboxylic acid groups (broad SMARTS) is 1. The van der Waals surface area contributed by atoms with Gasteiger partial charge in [-0.3, -0.25) is 0 Å². The molecule has 0 amide bonds. The van der Waals surface area contributed by atoms with Crippen molar-refractivity contribution in [3.05, 3.63) is 96.0 Å². The van der Waals surface area contributed by atoms with E-state index < -0.39 is 29.7 Å². The molecule has 1 aromatic heterocycles. The van der Waals surface area contributed by atoms with Crippen LogP contribution in [0.5, 0.6) is 0 Å². The monoisotopic (exact) mass is 569 g/mol. The standard InChI is InChI=1S/C24H14F5N3O.C2HF3O2/c25-15-5-6-17(19(10-15)24(27,28)29)22-11-16(33-31-22)12-32-8-7-14-9-21(30-23(14)13-32)18-3-1-2-4-20(18)26;3-2(4,5)1(6)7/h1-11,13H,12H2;(H,6,7). The number of aliphatic carboxylic acids is 1. The topological polar surface area (TPSA) is 81.2 Å². The molecule has 0 fully saturated rings. The fourth-order valence-corrected chi connectivity index (χ4v) is 3.63. The van der Waals surface area contributed by atoms with Crippen molar-refractivity contribution < 1.29 is 49.5 Å². The van der Waals surface area contributed by atoms with E-state index in [0.717, 1.165) is 17.7 Å². The molecule has 0 saturated carbocycles. The number of benzene rings is 2. The first-order chi connectivity index (χ1) is 18.7. The maximum atomic E-state index is 14.1. The predicted octanol–water partition coefficient (Wildman–Crippen LogP) is 7.29. The molecule has 6 nitrogen and oxygen atoms in total. The Morgan fingerprint density at radius 3 is 2.23 bits per heavy atom. The number of carboxylic acids is 1. The highest BCUT2D eigenvalue weighted by Gasteiger charge is 2.38. The highest BCUT2D eigenvalue weighted by molar-refractivity contribution is 5.73. The molecule has 3 heterocycles. The molecule has 5 rings (SSSR count). The molecule has 2 aliphatic heterocycles. The minimum Gasteiger partial charge on any atom is -0.475 e. The van der Waals surface area contributed by atoms with Crippen LogP contribution in [0.3, 0.4) is 0 Å². The Bertz CT molecular complexity index is 1620. The Hall–Kier alpha value is -4.75. The summed E-state index contributed by atoms with van der Waals surface area (Å²) in [5.41, 5.74) is 0.868. The molecule has 0 radical (unpaired) electrons. The number of hydrogen-bond donors (Lipinski definition) is 1. The number of nitrogens with zero attached hydrogens (tertiary/aromatic N) is 3. The van der Waals surface area contributed by atoms with Crippen molar-refractivity contribution in [3.63, 3.8) is 0 Å². The van der Waals surface area contributed by atoms with Crippen molar-refractivity contribution in [2.24, 2.45) is 0 Å².